The average molecular weight is 299 g/mol. The molecule has 0 fully saturated rings. The zero-order chi connectivity index (χ0) is 16.3. The van der Waals surface area contributed by atoms with Crippen LogP contribution in [0.1, 0.15) is 32.8 Å². The molecule has 0 amide bonds. The van der Waals surface area contributed by atoms with Crippen LogP contribution in [0, 0.1) is 11.3 Å². The Kier molecular flexibility index (Phi) is 4.53. The van der Waals surface area contributed by atoms with E-state index in [1.54, 1.807) is 6.20 Å². The second kappa shape index (κ2) is 6.20. The summed E-state index contributed by atoms with van der Waals surface area (Å²) in [5.74, 6) is 0. The van der Waals surface area contributed by atoms with E-state index in [1.165, 1.54) is 4.57 Å². The Morgan fingerprint density at radius 3 is 2.73 bits per heavy atom. The van der Waals surface area contributed by atoms with Crippen molar-refractivity contribution >= 4 is 17.0 Å². The van der Waals surface area contributed by atoms with Gasteiger partial charge in [0.15, 0.2) is 0 Å². The molecule has 1 aromatic heterocycles. The fourth-order valence-electron chi connectivity index (χ4n) is 2.29. The summed E-state index contributed by atoms with van der Waals surface area (Å²) in [6.07, 6.45) is 2.58. The molecule has 0 spiro atoms. The van der Waals surface area contributed by atoms with E-state index >= 15 is 0 Å². The molecular formula is C17H21N3O2. The monoisotopic (exact) mass is 299 g/mol. The summed E-state index contributed by atoms with van der Waals surface area (Å²) < 4.78 is 6.96. The van der Waals surface area contributed by atoms with Crippen LogP contribution in [0.2, 0.25) is 0 Å². The van der Waals surface area contributed by atoms with E-state index in [4.69, 9.17) is 15.7 Å². The number of benzene rings is 1. The highest BCUT2D eigenvalue weighted by atomic mass is 16.6. The van der Waals surface area contributed by atoms with Crippen molar-refractivity contribution in [1.29, 1.82) is 5.26 Å². The number of nitrogens with zero attached hydrogens (tertiary/aromatic N) is 2. The molecule has 2 aromatic rings. The number of ether oxygens (including phenoxy) is 1. The van der Waals surface area contributed by atoms with E-state index < -0.39 is 17.7 Å². The molecule has 0 saturated heterocycles. The third-order valence-corrected chi connectivity index (χ3v) is 3.28. The van der Waals surface area contributed by atoms with Crippen LogP contribution in [0.5, 0.6) is 0 Å². The van der Waals surface area contributed by atoms with E-state index in [-0.39, 0.29) is 0 Å². The topological polar surface area (TPSA) is 81.0 Å². The van der Waals surface area contributed by atoms with Crippen molar-refractivity contribution < 1.29 is 9.53 Å². The smallest absolute Gasteiger partial charge is 0.419 e. The number of para-hydroxylation sites is 1. The normalized spacial score (nSPS) is 12.9. The Bertz CT molecular complexity index is 720. The molecule has 1 unspecified atom stereocenters. The Balaban J connectivity index is 2.36. The van der Waals surface area contributed by atoms with E-state index in [9.17, 15) is 4.79 Å². The van der Waals surface area contributed by atoms with Crippen molar-refractivity contribution in [3.8, 4) is 6.07 Å². The molecular weight excluding hydrogens is 278 g/mol. The second-order valence-corrected chi connectivity index (χ2v) is 6.30. The average Bonchev–Trinajstić information content (AvgIpc) is 2.82. The minimum absolute atomic E-state index is 0.403. The molecule has 1 atom stereocenters. The van der Waals surface area contributed by atoms with Crippen molar-refractivity contribution in [2.45, 2.75) is 45.3 Å². The summed E-state index contributed by atoms with van der Waals surface area (Å²) >= 11 is 0. The SMILES string of the molecule is CC(C)(C)OC(=O)n1cc(CCC(N)C#N)c2ccccc21. The molecule has 2 rings (SSSR count). The molecule has 0 bridgehead atoms. The van der Waals surface area contributed by atoms with Crippen LogP contribution in [0.4, 0.5) is 4.79 Å². The van der Waals surface area contributed by atoms with Gasteiger partial charge in [-0.2, -0.15) is 5.26 Å². The molecule has 0 aliphatic heterocycles. The highest BCUT2D eigenvalue weighted by molar-refractivity contribution is 5.92. The quantitative estimate of drug-likeness (QED) is 0.943. The van der Waals surface area contributed by atoms with Crippen molar-refractivity contribution in [2.24, 2.45) is 5.73 Å². The summed E-state index contributed by atoms with van der Waals surface area (Å²) in [6.45, 7) is 5.51. The lowest BCUT2D eigenvalue weighted by atomic mass is 10.1. The number of nitrogens with two attached hydrogens (primary N) is 1. The predicted molar refractivity (Wildman–Crippen MR) is 85.5 cm³/mol. The first-order valence-corrected chi connectivity index (χ1v) is 7.29. The van der Waals surface area contributed by atoms with Gasteiger partial charge in [-0.3, -0.25) is 4.57 Å². The molecule has 0 saturated carbocycles. The van der Waals surface area contributed by atoms with Gasteiger partial charge in [0, 0.05) is 11.6 Å². The van der Waals surface area contributed by atoms with Gasteiger partial charge in [0.25, 0.3) is 0 Å². The molecule has 5 heteroatoms. The predicted octanol–water partition coefficient (Wildman–Crippen LogP) is 3.21. The minimum atomic E-state index is -0.550. The van der Waals surface area contributed by atoms with Crippen LogP contribution in [-0.4, -0.2) is 22.3 Å². The molecule has 2 N–H and O–H groups in total. The number of hydrogen-bond acceptors (Lipinski definition) is 4. The van der Waals surface area contributed by atoms with E-state index in [0.29, 0.717) is 12.8 Å². The number of aromatic nitrogens is 1. The van der Waals surface area contributed by atoms with Crippen LogP contribution in [0.3, 0.4) is 0 Å². The minimum Gasteiger partial charge on any atom is -0.443 e. The number of nitriles is 1. The number of carbonyl (C=O) groups excluding carboxylic acids is 1. The summed E-state index contributed by atoms with van der Waals surface area (Å²) in [5, 5.41) is 9.78. The second-order valence-electron chi connectivity index (χ2n) is 6.30. The van der Waals surface area contributed by atoms with Crippen LogP contribution < -0.4 is 5.73 Å². The van der Waals surface area contributed by atoms with Crippen LogP contribution >= 0.6 is 0 Å². The first kappa shape index (κ1) is 16.1. The van der Waals surface area contributed by atoms with Gasteiger partial charge in [-0.1, -0.05) is 18.2 Å². The number of aryl methyl sites for hydroxylation is 1. The Hall–Kier alpha value is -2.32. The van der Waals surface area contributed by atoms with Gasteiger partial charge in [-0.15, -0.1) is 0 Å². The maximum absolute atomic E-state index is 12.3. The van der Waals surface area contributed by atoms with Gasteiger partial charge in [-0.25, -0.2) is 4.79 Å². The van der Waals surface area contributed by atoms with E-state index in [0.717, 1.165) is 16.5 Å². The molecule has 1 aromatic carbocycles. The maximum Gasteiger partial charge on any atom is 0.419 e. The molecule has 116 valence electrons. The summed E-state index contributed by atoms with van der Waals surface area (Å²) in [4.78, 5) is 12.3. The molecule has 1 heterocycles. The van der Waals surface area contributed by atoms with Gasteiger partial charge < -0.3 is 10.5 Å². The molecule has 0 aliphatic carbocycles. The Labute approximate surface area is 130 Å². The fraction of sp³-hybridized carbons (Fsp3) is 0.412. The van der Waals surface area contributed by atoms with Gasteiger partial charge in [0.1, 0.15) is 5.60 Å². The molecule has 0 radical (unpaired) electrons. The number of fused-ring (bicyclic) bond motifs is 1. The number of hydrogen-bond donors (Lipinski definition) is 1. The molecule has 0 aliphatic rings. The summed E-state index contributed by atoms with van der Waals surface area (Å²) in [6, 6.07) is 9.18. The van der Waals surface area contributed by atoms with Gasteiger partial charge >= 0.3 is 6.09 Å². The van der Waals surface area contributed by atoms with Crippen LogP contribution in [-0.2, 0) is 11.2 Å². The van der Waals surface area contributed by atoms with Gasteiger partial charge in [-0.05, 0) is 45.2 Å². The lowest BCUT2D eigenvalue weighted by Crippen LogP contribution is -2.26. The van der Waals surface area contributed by atoms with Crippen LogP contribution in [0.15, 0.2) is 30.5 Å². The summed E-state index contributed by atoms with van der Waals surface area (Å²) in [5.41, 5.74) is 6.90. The van der Waals surface area contributed by atoms with Crippen molar-refractivity contribution in [1.82, 2.24) is 4.57 Å². The Morgan fingerprint density at radius 2 is 2.09 bits per heavy atom. The lowest BCUT2D eigenvalue weighted by Gasteiger charge is -2.19. The van der Waals surface area contributed by atoms with Crippen molar-refractivity contribution in [3.63, 3.8) is 0 Å². The first-order chi connectivity index (χ1) is 10.3. The lowest BCUT2D eigenvalue weighted by molar-refractivity contribution is 0.0544. The summed E-state index contributed by atoms with van der Waals surface area (Å²) in [7, 11) is 0. The highest BCUT2D eigenvalue weighted by Crippen LogP contribution is 2.24. The first-order valence-electron chi connectivity index (χ1n) is 7.29. The largest absolute Gasteiger partial charge is 0.443 e. The van der Waals surface area contributed by atoms with Gasteiger partial charge in [0.2, 0.25) is 0 Å². The van der Waals surface area contributed by atoms with Crippen LogP contribution in [0.25, 0.3) is 10.9 Å². The van der Waals surface area contributed by atoms with E-state index in [2.05, 4.69) is 0 Å². The molecule has 5 nitrogen and oxygen atoms in total. The van der Waals surface area contributed by atoms with Crippen molar-refractivity contribution in [3.05, 3.63) is 36.0 Å². The van der Waals surface area contributed by atoms with Gasteiger partial charge in [0.05, 0.1) is 17.6 Å². The van der Waals surface area contributed by atoms with E-state index in [1.807, 2.05) is 51.1 Å². The number of carbonyl (C=O) groups is 1. The third kappa shape index (κ3) is 3.66. The zero-order valence-electron chi connectivity index (χ0n) is 13.2. The number of rotatable bonds is 3. The standard InChI is InChI=1S/C17H21N3O2/c1-17(2,3)22-16(21)20-11-12(8-9-13(19)10-18)14-6-4-5-7-15(14)20/h4-7,11,13H,8-9,19H2,1-3H3. The maximum atomic E-state index is 12.3. The fourth-order valence-corrected chi connectivity index (χ4v) is 2.29. The Morgan fingerprint density at radius 1 is 1.41 bits per heavy atom. The zero-order valence-corrected chi connectivity index (χ0v) is 13.2. The van der Waals surface area contributed by atoms with Crippen molar-refractivity contribution in [2.75, 3.05) is 0 Å². The highest BCUT2D eigenvalue weighted by Gasteiger charge is 2.20. The molecule has 22 heavy (non-hydrogen) atoms. The third-order valence-electron chi connectivity index (χ3n) is 3.28.